The third-order valence-corrected chi connectivity index (χ3v) is 7.93. The first-order valence-corrected chi connectivity index (χ1v) is 12.0. The van der Waals surface area contributed by atoms with Gasteiger partial charge in [-0.25, -0.2) is 13.4 Å². The number of carbonyl (C=O) groups excluding carboxylic acids is 1. The fraction of sp³-hybridized carbons (Fsp3) is 0.318. The number of hydrogen-bond acceptors (Lipinski definition) is 7. The quantitative estimate of drug-likeness (QED) is 0.394. The van der Waals surface area contributed by atoms with E-state index in [9.17, 15) is 28.1 Å². The number of hydrogen-bond donors (Lipinski definition) is 0. The molecule has 0 spiro atoms. The van der Waals surface area contributed by atoms with E-state index in [0.29, 0.717) is 0 Å². The van der Waals surface area contributed by atoms with Gasteiger partial charge in [-0.1, -0.05) is 6.07 Å². The lowest BCUT2D eigenvalue weighted by atomic mass is 10.1. The molecule has 0 unspecified atom stereocenters. The maximum Gasteiger partial charge on any atom is 0.271 e. The normalized spacial score (nSPS) is 14.9. The first kappa shape index (κ1) is 23.5. The van der Waals surface area contributed by atoms with E-state index in [-0.39, 0.29) is 60.1 Å². The van der Waals surface area contributed by atoms with Crippen LogP contribution in [0.1, 0.15) is 11.1 Å². The Labute approximate surface area is 195 Å². The lowest BCUT2D eigenvalue weighted by Crippen LogP contribution is -2.51. The molecule has 0 aliphatic carbocycles. The summed E-state index contributed by atoms with van der Waals surface area (Å²) in [6.07, 6.45) is 1.19. The molecule has 34 heavy (non-hydrogen) atoms. The van der Waals surface area contributed by atoms with E-state index < -0.39 is 20.5 Å². The molecule has 0 atom stereocenters. The van der Waals surface area contributed by atoms with Gasteiger partial charge in [-0.2, -0.15) is 4.31 Å². The van der Waals surface area contributed by atoms with E-state index in [0.717, 1.165) is 15.7 Å². The van der Waals surface area contributed by atoms with Crippen LogP contribution in [-0.4, -0.2) is 64.2 Å². The summed E-state index contributed by atoms with van der Waals surface area (Å²) in [5.74, 6) is -0.339. The van der Waals surface area contributed by atoms with E-state index in [1.54, 1.807) is 18.2 Å². The number of sulfonamides is 1. The molecule has 3 aromatic rings. The Balaban J connectivity index is 1.44. The molecule has 12 heteroatoms. The molecule has 1 saturated heterocycles. The van der Waals surface area contributed by atoms with Crippen LogP contribution in [0.25, 0.3) is 10.9 Å². The lowest BCUT2D eigenvalue weighted by Gasteiger charge is -2.34. The first-order valence-electron chi connectivity index (χ1n) is 10.6. The molecule has 0 bridgehead atoms. The summed E-state index contributed by atoms with van der Waals surface area (Å²) in [5.41, 5.74) is 1.41. The first-order chi connectivity index (χ1) is 16.1. The molecule has 0 saturated carbocycles. The second-order valence-corrected chi connectivity index (χ2v) is 10.1. The van der Waals surface area contributed by atoms with Crippen molar-refractivity contribution in [3.63, 3.8) is 0 Å². The number of aromatic nitrogens is 2. The van der Waals surface area contributed by atoms with Crippen molar-refractivity contribution in [1.29, 1.82) is 0 Å². The van der Waals surface area contributed by atoms with E-state index in [1.165, 1.54) is 33.7 Å². The number of benzene rings is 2. The average molecular weight is 486 g/mol. The van der Waals surface area contributed by atoms with Gasteiger partial charge in [0.2, 0.25) is 15.9 Å². The summed E-state index contributed by atoms with van der Waals surface area (Å²) in [7, 11) is -3.67. The van der Waals surface area contributed by atoms with Crippen molar-refractivity contribution in [2.75, 3.05) is 26.2 Å². The Morgan fingerprint density at radius 3 is 2.41 bits per heavy atom. The molecule has 0 N–H and O–H groups in total. The fourth-order valence-corrected chi connectivity index (χ4v) is 5.33. The molecule has 1 aromatic heterocycles. The molecule has 2 aromatic carbocycles. The summed E-state index contributed by atoms with van der Waals surface area (Å²) < 4.78 is 28.5. The minimum Gasteiger partial charge on any atom is -0.338 e. The summed E-state index contributed by atoms with van der Waals surface area (Å²) >= 11 is 0. The van der Waals surface area contributed by atoms with Gasteiger partial charge in [0, 0.05) is 38.3 Å². The van der Waals surface area contributed by atoms with Crippen molar-refractivity contribution in [3.8, 4) is 0 Å². The van der Waals surface area contributed by atoms with Crippen molar-refractivity contribution in [2.24, 2.45) is 0 Å². The van der Waals surface area contributed by atoms with E-state index in [1.807, 2.05) is 13.8 Å². The van der Waals surface area contributed by atoms with Crippen molar-refractivity contribution < 1.29 is 18.1 Å². The van der Waals surface area contributed by atoms with Gasteiger partial charge in [0.15, 0.2) is 0 Å². The molecular weight excluding hydrogens is 462 g/mol. The van der Waals surface area contributed by atoms with Crippen LogP contribution in [-0.2, 0) is 21.4 Å². The zero-order chi connectivity index (χ0) is 24.6. The minimum absolute atomic E-state index is 0.148. The third-order valence-electron chi connectivity index (χ3n) is 6.03. The van der Waals surface area contributed by atoms with Crippen LogP contribution >= 0.6 is 0 Å². The summed E-state index contributed by atoms with van der Waals surface area (Å²) in [5, 5.41) is 11.1. The zero-order valence-electron chi connectivity index (χ0n) is 18.7. The lowest BCUT2D eigenvalue weighted by molar-refractivity contribution is -0.384. The van der Waals surface area contributed by atoms with Crippen molar-refractivity contribution >= 4 is 32.5 Å². The average Bonchev–Trinajstić information content (AvgIpc) is 2.82. The monoisotopic (exact) mass is 485 g/mol. The van der Waals surface area contributed by atoms with Crippen LogP contribution in [0.3, 0.4) is 0 Å². The highest BCUT2D eigenvalue weighted by Crippen LogP contribution is 2.21. The second-order valence-electron chi connectivity index (χ2n) is 8.17. The molecule has 2 heterocycles. The number of nitro benzene ring substituents is 1. The molecule has 1 fully saturated rings. The van der Waals surface area contributed by atoms with Crippen LogP contribution in [0.2, 0.25) is 0 Å². The van der Waals surface area contributed by atoms with E-state index >= 15 is 0 Å². The van der Waals surface area contributed by atoms with Gasteiger partial charge in [0.1, 0.15) is 6.54 Å². The number of nitrogens with zero attached hydrogens (tertiary/aromatic N) is 5. The topological polar surface area (TPSA) is 136 Å². The standard InChI is InChI=1S/C22H23N5O6S/c1-15-3-5-18(11-16(15)2)34(32,33)26-9-7-24(8-10-26)21(28)13-25-14-23-20-12-17(27(30)31)4-6-19(20)22(25)29/h3-6,11-12,14H,7-10,13H2,1-2H3. The Kier molecular flexibility index (Phi) is 6.19. The Morgan fingerprint density at radius 2 is 1.76 bits per heavy atom. The second kappa shape index (κ2) is 8.95. The zero-order valence-corrected chi connectivity index (χ0v) is 19.5. The number of fused-ring (bicyclic) bond motifs is 1. The molecule has 4 rings (SSSR count). The molecule has 178 valence electrons. The van der Waals surface area contributed by atoms with Crippen molar-refractivity contribution in [1.82, 2.24) is 18.8 Å². The van der Waals surface area contributed by atoms with Gasteiger partial charge in [0.25, 0.3) is 11.2 Å². The molecule has 11 nitrogen and oxygen atoms in total. The fourth-order valence-electron chi connectivity index (χ4n) is 3.82. The summed E-state index contributed by atoms with van der Waals surface area (Å²) in [6, 6.07) is 8.75. The van der Waals surface area contributed by atoms with Gasteiger partial charge in [-0.05, 0) is 43.2 Å². The Morgan fingerprint density at radius 1 is 1.06 bits per heavy atom. The largest absolute Gasteiger partial charge is 0.338 e. The highest BCUT2D eigenvalue weighted by molar-refractivity contribution is 7.89. The SMILES string of the molecule is Cc1ccc(S(=O)(=O)N2CCN(C(=O)Cn3cnc4cc([N+](=O)[O-])ccc4c3=O)CC2)cc1C. The third kappa shape index (κ3) is 4.41. The molecular formula is C22H23N5O6S. The van der Waals surface area contributed by atoms with Crippen LogP contribution in [0.4, 0.5) is 5.69 Å². The van der Waals surface area contributed by atoms with E-state index in [2.05, 4.69) is 4.98 Å². The van der Waals surface area contributed by atoms with Crippen molar-refractivity contribution in [2.45, 2.75) is 25.3 Å². The number of non-ortho nitro benzene ring substituents is 1. The van der Waals surface area contributed by atoms with Crippen molar-refractivity contribution in [3.05, 3.63) is 74.3 Å². The number of nitro groups is 1. The highest BCUT2D eigenvalue weighted by atomic mass is 32.2. The Hall–Kier alpha value is -3.64. The highest BCUT2D eigenvalue weighted by Gasteiger charge is 2.30. The predicted octanol–water partition coefficient (Wildman–Crippen LogP) is 1.45. The van der Waals surface area contributed by atoms with Gasteiger partial charge in [-0.3, -0.25) is 24.3 Å². The minimum atomic E-state index is -3.67. The van der Waals surface area contributed by atoms with E-state index in [4.69, 9.17) is 0 Å². The van der Waals surface area contributed by atoms with Gasteiger partial charge < -0.3 is 4.90 Å². The number of amides is 1. The van der Waals surface area contributed by atoms with Gasteiger partial charge >= 0.3 is 0 Å². The van der Waals surface area contributed by atoms with Gasteiger partial charge in [-0.15, -0.1) is 0 Å². The summed E-state index contributed by atoms with van der Waals surface area (Å²) in [6.45, 7) is 4.20. The number of rotatable bonds is 5. The predicted molar refractivity (Wildman–Crippen MR) is 124 cm³/mol. The Bertz CT molecular complexity index is 1460. The smallest absolute Gasteiger partial charge is 0.271 e. The van der Waals surface area contributed by atoms with Crippen LogP contribution < -0.4 is 5.56 Å². The maximum absolute atomic E-state index is 13.0. The summed E-state index contributed by atoms with van der Waals surface area (Å²) in [4.78, 5) is 41.7. The number of piperazine rings is 1. The molecule has 1 amide bonds. The maximum atomic E-state index is 13.0. The van der Waals surface area contributed by atoms with Gasteiger partial charge in [0.05, 0.1) is 27.0 Å². The number of carbonyl (C=O) groups is 1. The molecule has 1 aliphatic heterocycles. The van der Waals surface area contributed by atoms with Crippen LogP contribution in [0.5, 0.6) is 0 Å². The molecule has 1 aliphatic rings. The number of aryl methyl sites for hydroxylation is 2. The molecule has 0 radical (unpaired) electrons. The van der Waals surface area contributed by atoms with Crippen LogP contribution in [0, 0.1) is 24.0 Å². The van der Waals surface area contributed by atoms with Crippen LogP contribution in [0.15, 0.2) is 52.4 Å².